The van der Waals surface area contributed by atoms with Crippen molar-refractivity contribution in [3.8, 4) is 5.75 Å². The standard InChI is InChI=1S/C18H15ClN2O5S/c1-25-16-7-6-13(27(20,23)24)9-14(16)18(22)26-10-12-8-11-4-2-3-5-15(11)21-17(12)19/h2-9H,10H2,1H3,(H2,20,23,24). The molecule has 0 spiro atoms. The molecule has 0 fully saturated rings. The van der Waals surface area contributed by atoms with Crippen LogP contribution in [0.5, 0.6) is 5.75 Å². The Balaban J connectivity index is 1.87. The summed E-state index contributed by atoms with van der Waals surface area (Å²) in [5, 5.41) is 6.17. The molecular weight excluding hydrogens is 392 g/mol. The number of hydrogen-bond acceptors (Lipinski definition) is 6. The van der Waals surface area contributed by atoms with E-state index in [1.54, 1.807) is 6.07 Å². The maximum absolute atomic E-state index is 12.5. The average Bonchev–Trinajstić information content (AvgIpc) is 2.64. The number of ether oxygens (including phenoxy) is 2. The summed E-state index contributed by atoms with van der Waals surface area (Å²) in [6.45, 7) is -0.141. The normalized spacial score (nSPS) is 11.4. The molecule has 0 radical (unpaired) electrons. The molecule has 0 amide bonds. The highest BCUT2D eigenvalue weighted by Gasteiger charge is 2.19. The fourth-order valence-electron chi connectivity index (χ4n) is 2.48. The third-order valence-corrected chi connectivity index (χ3v) is 5.07. The number of fused-ring (bicyclic) bond motifs is 1. The van der Waals surface area contributed by atoms with E-state index in [9.17, 15) is 13.2 Å². The van der Waals surface area contributed by atoms with Crippen molar-refractivity contribution < 1.29 is 22.7 Å². The zero-order chi connectivity index (χ0) is 19.6. The Labute approximate surface area is 160 Å². The number of halogens is 1. The second-order valence-electron chi connectivity index (χ2n) is 5.61. The number of benzene rings is 2. The molecule has 0 saturated carbocycles. The van der Waals surface area contributed by atoms with E-state index < -0.39 is 16.0 Å². The van der Waals surface area contributed by atoms with E-state index in [4.69, 9.17) is 26.2 Å². The number of nitrogens with two attached hydrogens (primary N) is 1. The molecule has 3 aromatic rings. The number of sulfonamides is 1. The smallest absolute Gasteiger partial charge is 0.342 e. The average molecular weight is 407 g/mol. The summed E-state index contributed by atoms with van der Waals surface area (Å²) < 4.78 is 33.4. The first-order valence-electron chi connectivity index (χ1n) is 7.71. The molecule has 1 heterocycles. The van der Waals surface area contributed by atoms with Gasteiger partial charge in [-0.3, -0.25) is 0 Å². The number of nitrogens with zero attached hydrogens (tertiary/aromatic N) is 1. The molecular formula is C18H15ClN2O5S. The Bertz CT molecular complexity index is 1130. The van der Waals surface area contributed by atoms with Crippen molar-refractivity contribution in [1.82, 2.24) is 4.98 Å². The zero-order valence-corrected chi connectivity index (χ0v) is 15.8. The Hall–Kier alpha value is -2.68. The van der Waals surface area contributed by atoms with Crippen molar-refractivity contribution in [2.75, 3.05) is 7.11 Å². The molecule has 0 aliphatic carbocycles. The molecule has 3 rings (SSSR count). The maximum Gasteiger partial charge on any atom is 0.342 e. The molecule has 2 N–H and O–H groups in total. The van der Waals surface area contributed by atoms with Gasteiger partial charge in [-0.05, 0) is 30.3 Å². The highest BCUT2D eigenvalue weighted by molar-refractivity contribution is 7.89. The number of para-hydroxylation sites is 1. The number of primary sulfonamides is 1. The first kappa shape index (κ1) is 19.1. The SMILES string of the molecule is COc1ccc(S(N)(=O)=O)cc1C(=O)OCc1cc2ccccc2nc1Cl. The van der Waals surface area contributed by atoms with Gasteiger partial charge in [-0.15, -0.1) is 0 Å². The zero-order valence-electron chi connectivity index (χ0n) is 14.2. The predicted octanol–water partition coefficient (Wildman–Crippen LogP) is 2.90. The van der Waals surface area contributed by atoms with Gasteiger partial charge in [0.25, 0.3) is 0 Å². The Kier molecular flexibility index (Phi) is 5.31. The number of carbonyl (C=O) groups excluding carboxylic acids is 1. The predicted molar refractivity (Wildman–Crippen MR) is 100 cm³/mol. The number of aromatic nitrogens is 1. The Morgan fingerprint density at radius 2 is 1.93 bits per heavy atom. The maximum atomic E-state index is 12.5. The summed E-state index contributed by atoms with van der Waals surface area (Å²) in [4.78, 5) is 16.5. The van der Waals surface area contributed by atoms with E-state index >= 15 is 0 Å². The second-order valence-corrected chi connectivity index (χ2v) is 7.53. The van der Waals surface area contributed by atoms with Crippen LogP contribution in [0.3, 0.4) is 0 Å². The van der Waals surface area contributed by atoms with Crippen LogP contribution in [0, 0.1) is 0 Å². The van der Waals surface area contributed by atoms with Gasteiger partial charge in [0.2, 0.25) is 10.0 Å². The molecule has 27 heavy (non-hydrogen) atoms. The summed E-state index contributed by atoms with van der Waals surface area (Å²) in [6.07, 6.45) is 0. The fourth-order valence-corrected chi connectivity index (χ4v) is 3.22. The third-order valence-electron chi connectivity index (χ3n) is 3.83. The number of carbonyl (C=O) groups is 1. The van der Waals surface area contributed by atoms with Crippen LogP contribution in [0.2, 0.25) is 5.15 Å². The third kappa shape index (κ3) is 4.19. The van der Waals surface area contributed by atoms with Gasteiger partial charge in [0.1, 0.15) is 23.1 Å². The summed E-state index contributed by atoms with van der Waals surface area (Å²) >= 11 is 6.15. The lowest BCUT2D eigenvalue weighted by Gasteiger charge is -2.11. The topological polar surface area (TPSA) is 109 Å². The Morgan fingerprint density at radius 1 is 1.19 bits per heavy atom. The van der Waals surface area contributed by atoms with Crippen LogP contribution in [-0.4, -0.2) is 26.5 Å². The van der Waals surface area contributed by atoms with Gasteiger partial charge >= 0.3 is 5.97 Å². The number of rotatable bonds is 5. The van der Waals surface area contributed by atoms with Gasteiger partial charge < -0.3 is 9.47 Å². The molecule has 0 bridgehead atoms. The summed E-state index contributed by atoms with van der Waals surface area (Å²) in [6, 6.07) is 12.8. The molecule has 0 atom stereocenters. The molecule has 9 heteroatoms. The second kappa shape index (κ2) is 7.51. The minimum absolute atomic E-state index is 0.0612. The molecule has 7 nitrogen and oxygen atoms in total. The Morgan fingerprint density at radius 3 is 2.63 bits per heavy atom. The van der Waals surface area contributed by atoms with Gasteiger partial charge in [0, 0.05) is 10.9 Å². The van der Waals surface area contributed by atoms with Gasteiger partial charge in [-0.1, -0.05) is 29.8 Å². The quantitative estimate of drug-likeness (QED) is 0.515. The van der Waals surface area contributed by atoms with Crippen molar-refractivity contribution in [1.29, 1.82) is 0 Å². The lowest BCUT2D eigenvalue weighted by atomic mass is 10.1. The summed E-state index contributed by atoms with van der Waals surface area (Å²) in [5.74, 6) is -0.614. The van der Waals surface area contributed by atoms with Gasteiger partial charge in [-0.25, -0.2) is 23.3 Å². The van der Waals surface area contributed by atoms with E-state index in [2.05, 4.69) is 4.98 Å². The van der Waals surface area contributed by atoms with Crippen molar-refractivity contribution >= 4 is 38.5 Å². The van der Waals surface area contributed by atoms with E-state index in [0.717, 1.165) is 17.0 Å². The minimum atomic E-state index is -3.98. The minimum Gasteiger partial charge on any atom is -0.496 e. The van der Waals surface area contributed by atoms with Crippen molar-refractivity contribution in [3.05, 3.63) is 64.8 Å². The van der Waals surface area contributed by atoms with Crippen molar-refractivity contribution in [3.63, 3.8) is 0 Å². The van der Waals surface area contributed by atoms with Crippen molar-refractivity contribution in [2.24, 2.45) is 5.14 Å². The van der Waals surface area contributed by atoms with Gasteiger partial charge in [-0.2, -0.15) is 0 Å². The molecule has 0 aliphatic rings. The lowest BCUT2D eigenvalue weighted by molar-refractivity contribution is 0.0468. The highest BCUT2D eigenvalue weighted by Crippen LogP contribution is 2.25. The van der Waals surface area contributed by atoms with E-state index in [0.29, 0.717) is 5.56 Å². The largest absolute Gasteiger partial charge is 0.496 e. The van der Waals surface area contributed by atoms with Gasteiger partial charge in [0.05, 0.1) is 17.5 Å². The van der Waals surface area contributed by atoms with Crippen LogP contribution in [0.4, 0.5) is 0 Å². The molecule has 1 aromatic heterocycles. The molecule has 140 valence electrons. The number of hydrogen-bond donors (Lipinski definition) is 1. The number of esters is 1. The fraction of sp³-hybridized carbons (Fsp3) is 0.111. The number of pyridine rings is 1. The molecule has 0 saturated heterocycles. The van der Waals surface area contributed by atoms with Crippen molar-refractivity contribution in [2.45, 2.75) is 11.5 Å². The first-order valence-corrected chi connectivity index (χ1v) is 9.64. The van der Waals surface area contributed by atoms with Crippen LogP contribution in [-0.2, 0) is 21.4 Å². The molecule has 0 unspecified atom stereocenters. The summed E-state index contributed by atoms with van der Waals surface area (Å²) in [5.41, 5.74) is 1.18. The number of methoxy groups -OCH3 is 1. The van der Waals surface area contributed by atoms with Crippen LogP contribution >= 0.6 is 11.6 Å². The van der Waals surface area contributed by atoms with E-state index in [1.165, 1.54) is 19.2 Å². The van der Waals surface area contributed by atoms with E-state index in [-0.39, 0.29) is 28.0 Å². The highest BCUT2D eigenvalue weighted by atomic mass is 35.5. The first-order chi connectivity index (χ1) is 12.8. The van der Waals surface area contributed by atoms with E-state index in [1.807, 2.05) is 24.3 Å². The van der Waals surface area contributed by atoms with Gasteiger partial charge in [0.15, 0.2) is 0 Å². The van der Waals surface area contributed by atoms with Crippen LogP contribution in [0.25, 0.3) is 10.9 Å². The van der Waals surface area contributed by atoms with Crippen LogP contribution in [0.15, 0.2) is 53.4 Å². The van der Waals surface area contributed by atoms with Crippen LogP contribution in [0.1, 0.15) is 15.9 Å². The molecule has 2 aromatic carbocycles. The van der Waals surface area contributed by atoms with Crippen LogP contribution < -0.4 is 9.88 Å². The molecule has 0 aliphatic heterocycles. The monoisotopic (exact) mass is 406 g/mol. The summed E-state index contributed by atoms with van der Waals surface area (Å²) in [7, 11) is -2.62. The lowest BCUT2D eigenvalue weighted by Crippen LogP contribution is -2.14.